The van der Waals surface area contributed by atoms with E-state index in [2.05, 4.69) is 27.0 Å². The molecule has 2 heterocycles. The van der Waals surface area contributed by atoms with E-state index in [0.717, 1.165) is 9.75 Å². The summed E-state index contributed by atoms with van der Waals surface area (Å²) < 4.78 is 0. The first-order valence-electron chi connectivity index (χ1n) is 6.11. The smallest absolute Gasteiger partial charge is 0.261 e. The molecule has 1 atom stereocenters. The Bertz CT molecular complexity index is 531. The monoisotopic (exact) mass is 294 g/mol. The Morgan fingerprint density at radius 2 is 2.16 bits per heavy atom. The summed E-state index contributed by atoms with van der Waals surface area (Å²) in [4.78, 5) is 16.1. The number of nitrogens with zero attached hydrogens (tertiary/aromatic N) is 1. The van der Waals surface area contributed by atoms with Gasteiger partial charge in [-0.3, -0.25) is 4.79 Å². The van der Waals surface area contributed by atoms with Crippen molar-refractivity contribution < 1.29 is 4.79 Å². The molecule has 0 aliphatic heterocycles. The molecule has 1 unspecified atom stereocenters. The Morgan fingerprint density at radius 3 is 2.68 bits per heavy atom. The van der Waals surface area contributed by atoms with Crippen molar-refractivity contribution >= 4 is 28.6 Å². The minimum absolute atomic E-state index is 0.0141. The molecule has 0 bridgehead atoms. The summed E-state index contributed by atoms with van der Waals surface area (Å²) in [5, 5.41) is 7.21. The van der Waals surface area contributed by atoms with Crippen LogP contribution in [-0.2, 0) is 0 Å². The van der Waals surface area contributed by atoms with E-state index >= 15 is 0 Å². The Hall–Kier alpha value is -1.17. The number of hydrogen-bond donors (Lipinski definition) is 1. The Labute approximate surface area is 121 Å². The van der Waals surface area contributed by atoms with Gasteiger partial charge in [0, 0.05) is 11.4 Å². The van der Waals surface area contributed by atoms with E-state index in [1.807, 2.05) is 33.2 Å². The van der Waals surface area contributed by atoms with Crippen LogP contribution in [0, 0.1) is 6.92 Å². The van der Waals surface area contributed by atoms with Gasteiger partial charge in [-0.05, 0) is 55.5 Å². The van der Waals surface area contributed by atoms with Gasteiger partial charge in [0.2, 0.25) is 0 Å². The van der Waals surface area contributed by atoms with Crippen LogP contribution in [0.4, 0.5) is 0 Å². The normalized spacial score (nSPS) is 12.6. The van der Waals surface area contributed by atoms with E-state index in [1.54, 1.807) is 11.3 Å². The zero-order valence-corrected chi connectivity index (χ0v) is 13.0. The Morgan fingerprint density at radius 1 is 1.37 bits per heavy atom. The Balaban J connectivity index is 1.98. The summed E-state index contributed by atoms with van der Waals surface area (Å²) in [6.45, 7) is 2.63. The fraction of sp³-hybridized carbons (Fsp3) is 0.357. The second kappa shape index (κ2) is 6.32. The molecule has 0 aromatic carbocycles. The number of aryl methyl sites for hydroxylation is 1. The van der Waals surface area contributed by atoms with Gasteiger partial charge in [0.15, 0.2) is 0 Å². The SMILES string of the molecule is Cc1ccc(C(=O)NCC(c2ccsc2)N(C)C)s1. The lowest BCUT2D eigenvalue weighted by molar-refractivity contribution is 0.0946. The molecule has 3 nitrogen and oxygen atoms in total. The van der Waals surface area contributed by atoms with Crippen LogP contribution in [0.3, 0.4) is 0 Å². The van der Waals surface area contributed by atoms with E-state index in [0.29, 0.717) is 6.54 Å². The van der Waals surface area contributed by atoms with Gasteiger partial charge in [-0.15, -0.1) is 11.3 Å². The zero-order valence-electron chi connectivity index (χ0n) is 11.3. The largest absolute Gasteiger partial charge is 0.349 e. The van der Waals surface area contributed by atoms with Gasteiger partial charge in [0.1, 0.15) is 0 Å². The lowest BCUT2D eigenvalue weighted by Gasteiger charge is -2.23. The third-order valence-corrected chi connectivity index (χ3v) is 4.67. The molecule has 102 valence electrons. The van der Waals surface area contributed by atoms with Crippen molar-refractivity contribution in [3.63, 3.8) is 0 Å². The van der Waals surface area contributed by atoms with Gasteiger partial charge >= 0.3 is 0 Å². The first-order chi connectivity index (χ1) is 9.08. The van der Waals surface area contributed by atoms with Crippen LogP contribution in [0.2, 0.25) is 0 Å². The van der Waals surface area contributed by atoms with Crippen LogP contribution in [0.5, 0.6) is 0 Å². The number of nitrogens with one attached hydrogen (secondary N) is 1. The Kier molecular flexibility index (Phi) is 4.74. The second-order valence-electron chi connectivity index (χ2n) is 4.66. The highest BCUT2D eigenvalue weighted by Crippen LogP contribution is 2.20. The molecule has 1 amide bonds. The van der Waals surface area contributed by atoms with Gasteiger partial charge < -0.3 is 10.2 Å². The third kappa shape index (κ3) is 3.65. The van der Waals surface area contributed by atoms with E-state index in [4.69, 9.17) is 0 Å². The number of rotatable bonds is 5. The predicted molar refractivity (Wildman–Crippen MR) is 82.1 cm³/mol. The average molecular weight is 294 g/mol. The molecule has 2 aromatic rings. The molecule has 0 saturated heterocycles. The van der Waals surface area contributed by atoms with Crippen LogP contribution >= 0.6 is 22.7 Å². The molecule has 0 saturated carbocycles. The predicted octanol–water partition coefficient (Wildman–Crippen LogP) is 3.15. The van der Waals surface area contributed by atoms with Crippen LogP contribution < -0.4 is 5.32 Å². The first kappa shape index (κ1) is 14.2. The van der Waals surface area contributed by atoms with Crippen LogP contribution in [0.15, 0.2) is 29.0 Å². The number of likely N-dealkylation sites (N-methyl/N-ethyl adjacent to an activating group) is 1. The maximum atomic E-state index is 12.0. The second-order valence-corrected chi connectivity index (χ2v) is 6.72. The molecule has 0 spiro atoms. The molecule has 0 radical (unpaired) electrons. The van der Waals surface area contributed by atoms with Crippen molar-refractivity contribution in [3.05, 3.63) is 44.3 Å². The third-order valence-electron chi connectivity index (χ3n) is 2.97. The minimum atomic E-state index is 0.0141. The highest BCUT2D eigenvalue weighted by Gasteiger charge is 2.16. The van der Waals surface area contributed by atoms with E-state index in [9.17, 15) is 4.79 Å². The number of thiophene rings is 2. The van der Waals surface area contributed by atoms with Crippen LogP contribution in [0.1, 0.15) is 26.2 Å². The molecule has 0 aliphatic rings. The van der Waals surface area contributed by atoms with Gasteiger partial charge in [0.05, 0.1) is 10.9 Å². The van der Waals surface area contributed by atoms with Gasteiger partial charge in [0.25, 0.3) is 5.91 Å². The molecule has 19 heavy (non-hydrogen) atoms. The zero-order chi connectivity index (χ0) is 13.8. The quantitative estimate of drug-likeness (QED) is 0.919. The van der Waals surface area contributed by atoms with Crippen LogP contribution in [-0.4, -0.2) is 31.4 Å². The summed E-state index contributed by atoms with van der Waals surface area (Å²) in [6.07, 6.45) is 0. The molecule has 0 fully saturated rings. The topological polar surface area (TPSA) is 32.3 Å². The summed E-state index contributed by atoms with van der Waals surface area (Å²) >= 11 is 3.21. The first-order valence-corrected chi connectivity index (χ1v) is 7.87. The van der Waals surface area contributed by atoms with Crippen molar-refractivity contribution in [2.45, 2.75) is 13.0 Å². The fourth-order valence-corrected chi connectivity index (χ4v) is 3.39. The van der Waals surface area contributed by atoms with E-state index in [1.165, 1.54) is 16.9 Å². The number of hydrogen-bond acceptors (Lipinski definition) is 4. The van der Waals surface area contributed by atoms with Gasteiger partial charge in [-0.2, -0.15) is 11.3 Å². The minimum Gasteiger partial charge on any atom is -0.349 e. The molecule has 0 aliphatic carbocycles. The maximum absolute atomic E-state index is 12.0. The lowest BCUT2D eigenvalue weighted by atomic mass is 10.1. The van der Waals surface area contributed by atoms with E-state index in [-0.39, 0.29) is 11.9 Å². The maximum Gasteiger partial charge on any atom is 0.261 e. The summed E-state index contributed by atoms with van der Waals surface area (Å²) in [6, 6.07) is 6.18. The summed E-state index contributed by atoms with van der Waals surface area (Å²) in [5.74, 6) is 0.0141. The van der Waals surface area contributed by atoms with Crippen molar-refractivity contribution in [1.82, 2.24) is 10.2 Å². The number of amides is 1. The highest BCUT2D eigenvalue weighted by atomic mass is 32.1. The number of carbonyl (C=O) groups is 1. The number of carbonyl (C=O) groups excluding carboxylic acids is 1. The average Bonchev–Trinajstić information content (AvgIpc) is 3.00. The summed E-state index contributed by atoms with van der Waals surface area (Å²) in [5.41, 5.74) is 1.25. The summed E-state index contributed by atoms with van der Waals surface area (Å²) in [7, 11) is 4.06. The molecular formula is C14H18N2OS2. The van der Waals surface area contributed by atoms with Crippen molar-refractivity contribution in [2.24, 2.45) is 0 Å². The van der Waals surface area contributed by atoms with Crippen molar-refractivity contribution in [2.75, 3.05) is 20.6 Å². The van der Waals surface area contributed by atoms with E-state index < -0.39 is 0 Å². The standard InChI is InChI=1S/C14H18N2OS2/c1-10-4-5-13(19-10)14(17)15-8-12(16(2)3)11-6-7-18-9-11/h4-7,9,12H,8H2,1-3H3,(H,15,17). The van der Waals surface area contributed by atoms with Crippen molar-refractivity contribution in [3.8, 4) is 0 Å². The lowest BCUT2D eigenvalue weighted by Crippen LogP contribution is -2.34. The van der Waals surface area contributed by atoms with Gasteiger partial charge in [-0.25, -0.2) is 0 Å². The molecule has 2 aromatic heterocycles. The fourth-order valence-electron chi connectivity index (χ4n) is 1.90. The van der Waals surface area contributed by atoms with Crippen LogP contribution in [0.25, 0.3) is 0 Å². The van der Waals surface area contributed by atoms with Gasteiger partial charge in [-0.1, -0.05) is 0 Å². The molecule has 5 heteroatoms. The molecule has 2 rings (SSSR count). The molecular weight excluding hydrogens is 276 g/mol. The highest BCUT2D eigenvalue weighted by molar-refractivity contribution is 7.13. The van der Waals surface area contributed by atoms with Crippen molar-refractivity contribution in [1.29, 1.82) is 0 Å². The molecule has 1 N–H and O–H groups in total.